The summed E-state index contributed by atoms with van der Waals surface area (Å²) in [5, 5.41) is 5.08. The number of amides is 1. The van der Waals surface area contributed by atoms with Gasteiger partial charge in [0.2, 0.25) is 5.91 Å². The molecule has 0 saturated heterocycles. The molecule has 0 radical (unpaired) electrons. The number of carbonyl (C=O) groups is 1. The highest BCUT2D eigenvalue weighted by Gasteiger charge is 2.07. The highest BCUT2D eigenvalue weighted by Crippen LogP contribution is 2.11. The minimum absolute atomic E-state index is 0.151. The predicted octanol–water partition coefficient (Wildman–Crippen LogP) is 3.68. The molecule has 1 aromatic heterocycles. The molecule has 2 aromatic rings. The van der Waals surface area contributed by atoms with Crippen molar-refractivity contribution < 1.29 is 4.79 Å². The van der Waals surface area contributed by atoms with E-state index in [2.05, 4.69) is 48.0 Å². The van der Waals surface area contributed by atoms with E-state index in [0.29, 0.717) is 12.3 Å². The standard InChI is InChI=1S/C17H21NOS/c1-14(12-15-6-3-2-4-7-15)13-18-17(19)10-9-16-8-5-11-20-16/h2-8,11,14H,9-10,12-13H2,1H3,(H,18,19). The van der Waals surface area contributed by atoms with Gasteiger partial charge in [0.15, 0.2) is 0 Å². The lowest BCUT2D eigenvalue weighted by atomic mass is 10.0. The minimum atomic E-state index is 0.151. The number of aryl methyl sites for hydroxylation is 1. The fourth-order valence-corrected chi connectivity index (χ4v) is 2.87. The van der Waals surface area contributed by atoms with E-state index in [0.717, 1.165) is 19.4 Å². The molecule has 0 fully saturated rings. The maximum Gasteiger partial charge on any atom is 0.220 e. The van der Waals surface area contributed by atoms with E-state index in [9.17, 15) is 4.79 Å². The van der Waals surface area contributed by atoms with E-state index in [4.69, 9.17) is 0 Å². The molecule has 0 saturated carbocycles. The Bertz CT molecular complexity index is 507. The van der Waals surface area contributed by atoms with Crippen LogP contribution in [0.4, 0.5) is 0 Å². The second-order valence-corrected chi connectivity index (χ2v) is 6.21. The van der Waals surface area contributed by atoms with Crippen LogP contribution in [0.3, 0.4) is 0 Å². The first-order chi connectivity index (χ1) is 9.74. The third-order valence-electron chi connectivity index (χ3n) is 3.25. The molecule has 0 spiro atoms. The van der Waals surface area contributed by atoms with Crippen LogP contribution in [0.5, 0.6) is 0 Å². The average molecular weight is 287 g/mol. The zero-order chi connectivity index (χ0) is 14.2. The summed E-state index contributed by atoms with van der Waals surface area (Å²) < 4.78 is 0. The van der Waals surface area contributed by atoms with Crippen molar-refractivity contribution in [1.82, 2.24) is 5.32 Å². The van der Waals surface area contributed by atoms with E-state index >= 15 is 0 Å². The summed E-state index contributed by atoms with van der Waals surface area (Å²) >= 11 is 1.71. The maximum absolute atomic E-state index is 11.8. The van der Waals surface area contributed by atoms with Gasteiger partial charge in [0.25, 0.3) is 0 Å². The Morgan fingerprint density at radius 2 is 2.00 bits per heavy atom. The van der Waals surface area contributed by atoms with Crippen molar-refractivity contribution in [2.24, 2.45) is 5.92 Å². The van der Waals surface area contributed by atoms with E-state index < -0.39 is 0 Å². The van der Waals surface area contributed by atoms with Crippen LogP contribution in [-0.2, 0) is 17.6 Å². The Morgan fingerprint density at radius 3 is 2.70 bits per heavy atom. The quantitative estimate of drug-likeness (QED) is 0.827. The number of benzene rings is 1. The molecular weight excluding hydrogens is 266 g/mol. The van der Waals surface area contributed by atoms with Crippen molar-refractivity contribution in [2.75, 3.05) is 6.54 Å². The third-order valence-corrected chi connectivity index (χ3v) is 4.19. The molecule has 0 aliphatic rings. The molecule has 1 amide bonds. The van der Waals surface area contributed by atoms with E-state index in [1.165, 1.54) is 10.4 Å². The van der Waals surface area contributed by atoms with Crippen molar-refractivity contribution in [1.29, 1.82) is 0 Å². The summed E-state index contributed by atoms with van der Waals surface area (Å²) in [7, 11) is 0. The number of rotatable bonds is 7. The number of carbonyl (C=O) groups excluding carboxylic acids is 1. The summed E-state index contributed by atoms with van der Waals surface area (Å²) in [5.41, 5.74) is 1.33. The average Bonchev–Trinajstić information content (AvgIpc) is 2.97. The summed E-state index contributed by atoms with van der Waals surface area (Å²) in [6.45, 7) is 2.92. The van der Waals surface area contributed by atoms with Crippen molar-refractivity contribution in [2.45, 2.75) is 26.2 Å². The SMILES string of the molecule is CC(CNC(=O)CCc1cccs1)Cc1ccccc1. The van der Waals surface area contributed by atoms with Gasteiger partial charge in [-0.3, -0.25) is 4.79 Å². The Morgan fingerprint density at radius 1 is 1.20 bits per heavy atom. The molecule has 0 aliphatic carbocycles. The van der Waals surface area contributed by atoms with Crippen molar-refractivity contribution in [3.63, 3.8) is 0 Å². The Balaban J connectivity index is 1.65. The van der Waals surface area contributed by atoms with Gasteiger partial charge in [0.1, 0.15) is 0 Å². The molecular formula is C17H21NOS. The van der Waals surface area contributed by atoms with Crippen molar-refractivity contribution >= 4 is 17.2 Å². The van der Waals surface area contributed by atoms with Crippen LogP contribution in [-0.4, -0.2) is 12.5 Å². The van der Waals surface area contributed by atoms with Crippen LogP contribution in [0.1, 0.15) is 23.8 Å². The Hall–Kier alpha value is -1.61. The Labute approximate surface area is 124 Å². The van der Waals surface area contributed by atoms with Crippen LogP contribution in [0, 0.1) is 5.92 Å². The normalized spacial score (nSPS) is 12.1. The molecule has 20 heavy (non-hydrogen) atoms. The number of nitrogens with one attached hydrogen (secondary N) is 1. The first-order valence-corrected chi connectivity index (χ1v) is 7.95. The first-order valence-electron chi connectivity index (χ1n) is 7.07. The maximum atomic E-state index is 11.8. The van der Waals surface area contributed by atoms with Crippen LogP contribution < -0.4 is 5.32 Å². The molecule has 1 N–H and O–H groups in total. The van der Waals surface area contributed by atoms with Gasteiger partial charge in [-0.1, -0.05) is 43.3 Å². The first kappa shape index (κ1) is 14.8. The van der Waals surface area contributed by atoms with E-state index in [1.54, 1.807) is 11.3 Å². The summed E-state index contributed by atoms with van der Waals surface area (Å²) in [6, 6.07) is 14.5. The molecule has 3 heteroatoms. The third kappa shape index (κ3) is 5.17. The van der Waals surface area contributed by atoms with Gasteiger partial charge < -0.3 is 5.32 Å². The molecule has 2 rings (SSSR count). The summed E-state index contributed by atoms with van der Waals surface area (Å²) in [6.07, 6.45) is 2.43. The van der Waals surface area contributed by atoms with Crippen molar-refractivity contribution in [3.8, 4) is 0 Å². The van der Waals surface area contributed by atoms with E-state index in [-0.39, 0.29) is 5.91 Å². The van der Waals surface area contributed by atoms with Gasteiger partial charge in [-0.25, -0.2) is 0 Å². The second-order valence-electron chi connectivity index (χ2n) is 5.18. The highest BCUT2D eigenvalue weighted by atomic mass is 32.1. The lowest BCUT2D eigenvalue weighted by molar-refractivity contribution is -0.121. The lowest BCUT2D eigenvalue weighted by Crippen LogP contribution is -2.29. The van der Waals surface area contributed by atoms with Crippen LogP contribution in [0.2, 0.25) is 0 Å². The predicted molar refractivity (Wildman–Crippen MR) is 85.0 cm³/mol. The molecule has 106 valence electrons. The molecule has 1 unspecified atom stereocenters. The van der Waals surface area contributed by atoms with Gasteiger partial charge in [0, 0.05) is 17.8 Å². The monoisotopic (exact) mass is 287 g/mol. The molecule has 2 nitrogen and oxygen atoms in total. The molecule has 0 bridgehead atoms. The molecule has 1 atom stereocenters. The summed E-state index contributed by atoms with van der Waals surface area (Å²) in [4.78, 5) is 13.1. The van der Waals surface area contributed by atoms with Crippen LogP contribution in [0.15, 0.2) is 47.8 Å². The van der Waals surface area contributed by atoms with Gasteiger partial charge in [-0.2, -0.15) is 0 Å². The van der Waals surface area contributed by atoms with E-state index in [1.807, 2.05) is 12.1 Å². The topological polar surface area (TPSA) is 29.1 Å². The van der Waals surface area contributed by atoms with Crippen LogP contribution >= 0.6 is 11.3 Å². The van der Waals surface area contributed by atoms with Crippen molar-refractivity contribution in [3.05, 3.63) is 58.3 Å². The number of hydrogen-bond acceptors (Lipinski definition) is 2. The van der Waals surface area contributed by atoms with Crippen LogP contribution in [0.25, 0.3) is 0 Å². The largest absolute Gasteiger partial charge is 0.356 e. The highest BCUT2D eigenvalue weighted by molar-refractivity contribution is 7.09. The van der Waals surface area contributed by atoms with Gasteiger partial charge in [-0.05, 0) is 35.8 Å². The molecule has 0 aliphatic heterocycles. The lowest BCUT2D eigenvalue weighted by Gasteiger charge is -2.12. The zero-order valence-electron chi connectivity index (χ0n) is 11.8. The number of hydrogen-bond donors (Lipinski definition) is 1. The number of thiophene rings is 1. The molecule has 1 heterocycles. The van der Waals surface area contributed by atoms with Gasteiger partial charge in [0.05, 0.1) is 0 Å². The fourth-order valence-electron chi connectivity index (χ4n) is 2.16. The Kier molecular flexibility index (Phi) is 5.81. The smallest absolute Gasteiger partial charge is 0.220 e. The van der Waals surface area contributed by atoms with Gasteiger partial charge in [-0.15, -0.1) is 11.3 Å². The molecule has 1 aromatic carbocycles. The minimum Gasteiger partial charge on any atom is -0.356 e. The summed E-state index contributed by atoms with van der Waals surface area (Å²) in [5.74, 6) is 0.612. The fraction of sp³-hybridized carbons (Fsp3) is 0.353. The van der Waals surface area contributed by atoms with Gasteiger partial charge >= 0.3 is 0 Å². The zero-order valence-corrected chi connectivity index (χ0v) is 12.7. The second kappa shape index (κ2) is 7.85.